The standard InChI is InChI=1S/C23H19F3N2O3/c24-23(25,26)18-6-4-5-16(13-18)14-27-21(29)15-28-22(30)17-9-11-20(12-10-17)31-19-7-2-1-3-8-19/h1-13H,14-15H2,(H,27,29)(H,28,30). The van der Waals surface area contributed by atoms with E-state index >= 15 is 0 Å². The molecule has 8 heteroatoms. The summed E-state index contributed by atoms with van der Waals surface area (Å²) in [5.74, 6) is 0.244. The van der Waals surface area contributed by atoms with Gasteiger partial charge in [-0.25, -0.2) is 0 Å². The van der Waals surface area contributed by atoms with Crippen molar-refractivity contribution in [2.45, 2.75) is 12.7 Å². The van der Waals surface area contributed by atoms with E-state index in [2.05, 4.69) is 10.6 Å². The molecule has 0 aliphatic heterocycles. The zero-order valence-electron chi connectivity index (χ0n) is 16.3. The minimum atomic E-state index is -4.45. The quantitative estimate of drug-likeness (QED) is 0.581. The largest absolute Gasteiger partial charge is 0.457 e. The molecular weight excluding hydrogens is 409 g/mol. The molecule has 0 heterocycles. The van der Waals surface area contributed by atoms with E-state index in [-0.39, 0.29) is 13.1 Å². The first-order valence-electron chi connectivity index (χ1n) is 9.35. The Bertz CT molecular complexity index is 1040. The van der Waals surface area contributed by atoms with Crippen LogP contribution in [0, 0.1) is 0 Å². The van der Waals surface area contributed by atoms with Gasteiger partial charge in [-0.2, -0.15) is 13.2 Å². The lowest BCUT2D eigenvalue weighted by atomic mass is 10.1. The van der Waals surface area contributed by atoms with Crippen LogP contribution in [-0.4, -0.2) is 18.4 Å². The Balaban J connectivity index is 1.46. The van der Waals surface area contributed by atoms with Crippen LogP contribution >= 0.6 is 0 Å². The molecular formula is C23H19F3N2O3. The minimum Gasteiger partial charge on any atom is -0.457 e. The van der Waals surface area contributed by atoms with Crippen LogP contribution in [0.15, 0.2) is 78.9 Å². The van der Waals surface area contributed by atoms with Crippen LogP contribution in [0.5, 0.6) is 11.5 Å². The zero-order chi connectivity index (χ0) is 22.3. The van der Waals surface area contributed by atoms with E-state index in [1.807, 2.05) is 18.2 Å². The van der Waals surface area contributed by atoms with Crippen molar-refractivity contribution in [2.24, 2.45) is 0 Å². The molecule has 0 saturated carbocycles. The number of rotatable bonds is 7. The molecule has 0 saturated heterocycles. The van der Waals surface area contributed by atoms with Crippen molar-refractivity contribution in [1.29, 1.82) is 0 Å². The van der Waals surface area contributed by atoms with Crippen LogP contribution in [0.1, 0.15) is 21.5 Å². The highest BCUT2D eigenvalue weighted by Gasteiger charge is 2.30. The van der Waals surface area contributed by atoms with E-state index < -0.39 is 23.6 Å². The van der Waals surface area contributed by atoms with Crippen LogP contribution < -0.4 is 15.4 Å². The topological polar surface area (TPSA) is 67.4 Å². The molecule has 31 heavy (non-hydrogen) atoms. The lowest BCUT2D eigenvalue weighted by Crippen LogP contribution is -2.36. The van der Waals surface area contributed by atoms with Crippen LogP contribution in [0.25, 0.3) is 0 Å². The summed E-state index contributed by atoms with van der Waals surface area (Å²) in [6.07, 6.45) is -4.45. The van der Waals surface area contributed by atoms with E-state index in [1.54, 1.807) is 36.4 Å². The number of benzene rings is 3. The van der Waals surface area contributed by atoms with Crippen molar-refractivity contribution in [3.63, 3.8) is 0 Å². The number of ether oxygens (including phenoxy) is 1. The van der Waals surface area contributed by atoms with Gasteiger partial charge in [-0.3, -0.25) is 9.59 Å². The first kappa shape index (κ1) is 21.9. The van der Waals surface area contributed by atoms with Gasteiger partial charge in [-0.05, 0) is 54.1 Å². The fraction of sp³-hybridized carbons (Fsp3) is 0.130. The third kappa shape index (κ3) is 6.60. The average Bonchev–Trinajstić information content (AvgIpc) is 2.77. The maximum Gasteiger partial charge on any atom is 0.416 e. The summed E-state index contributed by atoms with van der Waals surface area (Å²) in [6, 6.07) is 20.2. The molecule has 0 unspecified atom stereocenters. The van der Waals surface area contributed by atoms with Crippen molar-refractivity contribution < 1.29 is 27.5 Å². The zero-order valence-corrected chi connectivity index (χ0v) is 16.3. The minimum absolute atomic E-state index is 0.0792. The molecule has 2 N–H and O–H groups in total. The van der Waals surface area contributed by atoms with Crippen molar-refractivity contribution in [3.8, 4) is 11.5 Å². The lowest BCUT2D eigenvalue weighted by Gasteiger charge is -2.10. The summed E-state index contributed by atoms with van der Waals surface area (Å²) < 4.78 is 43.8. The third-order valence-electron chi connectivity index (χ3n) is 4.25. The molecule has 2 amide bonds. The number of amides is 2. The number of halogens is 3. The van der Waals surface area contributed by atoms with E-state index in [0.717, 1.165) is 12.1 Å². The number of alkyl halides is 3. The van der Waals surface area contributed by atoms with Crippen LogP contribution in [0.2, 0.25) is 0 Å². The maximum absolute atomic E-state index is 12.7. The van der Waals surface area contributed by atoms with Crippen LogP contribution in [-0.2, 0) is 17.5 Å². The van der Waals surface area contributed by atoms with Gasteiger partial charge < -0.3 is 15.4 Å². The van der Waals surface area contributed by atoms with Gasteiger partial charge >= 0.3 is 6.18 Å². The molecule has 3 aromatic carbocycles. The van der Waals surface area contributed by atoms with Gasteiger partial charge in [0, 0.05) is 12.1 Å². The summed E-state index contributed by atoms with van der Waals surface area (Å²) in [5, 5.41) is 4.95. The van der Waals surface area contributed by atoms with Crippen molar-refractivity contribution >= 4 is 11.8 Å². The SMILES string of the molecule is O=C(CNC(=O)c1ccc(Oc2ccccc2)cc1)NCc1cccc(C(F)(F)F)c1. The Morgan fingerprint density at radius 2 is 1.48 bits per heavy atom. The molecule has 0 spiro atoms. The van der Waals surface area contributed by atoms with Gasteiger partial charge in [0.05, 0.1) is 12.1 Å². The predicted octanol–water partition coefficient (Wildman–Crippen LogP) is 4.54. The Morgan fingerprint density at radius 3 is 2.16 bits per heavy atom. The number of para-hydroxylation sites is 1. The average molecular weight is 428 g/mol. The van der Waals surface area contributed by atoms with Gasteiger partial charge in [0.25, 0.3) is 5.91 Å². The Hall–Kier alpha value is -3.81. The normalized spacial score (nSPS) is 10.9. The summed E-state index contributed by atoms with van der Waals surface area (Å²) in [4.78, 5) is 24.1. The second-order valence-electron chi connectivity index (χ2n) is 6.60. The Morgan fingerprint density at radius 1 is 0.806 bits per heavy atom. The highest BCUT2D eigenvalue weighted by atomic mass is 19.4. The molecule has 0 aromatic heterocycles. The second-order valence-corrected chi connectivity index (χ2v) is 6.60. The van der Waals surface area contributed by atoms with Crippen molar-refractivity contribution in [2.75, 3.05) is 6.54 Å². The first-order valence-corrected chi connectivity index (χ1v) is 9.35. The van der Waals surface area contributed by atoms with Gasteiger partial charge in [0.2, 0.25) is 5.91 Å². The fourth-order valence-electron chi connectivity index (χ4n) is 2.68. The third-order valence-corrected chi connectivity index (χ3v) is 4.25. The summed E-state index contributed by atoms with van der Waals surface area (Å²) in [7, 11) is 0. The summed E-state index contributed by atoms with van der Waals surface area (Å²) >= 11 is 0. The van der Waals surface area contributed by atoms with E-state index in [4.69, 9.17) is 4.74 Å². The first-order chi connectivity index (χ1) is 14.8. The smallest absolute Gasteiger partial charge is 0.416 e. The molecule has 3 aromatic rings. The summed E-state index contributed by atoms with van der Waals surface area (Å²) in [5.41, 5.74) is -0.137. The van der Waals surface area contributed by atoms with E-state index in [0.29, 0.717) is 22.6 Å². The highest BCUT2D eigenvalue weighted by molar-refractivity contribution is 5.96. The Kier molecular flexibility index (Phi) is 6.92. The molecule has 0 aliphatic carbocycles. The molecule has 160 valence electrons. The van der Waals surface area contributed by atoms with Gasteiger partial charge in [-0.15, -0.1) is 0 Å². The molecule has 0 fully saturated rings. The van der Waals surface area contributed by atoms with Crippen LogP contribution in [0.3, 0.4) is 0 Å². The van der Waals surface area contributed by atoms with Gasteiger partial charge in [0.15, 0.2) is 0 Å². The maximum atomic E-state index is 12.7. The number of nitrogens with one attached hydrogen (secondary N) is 2. The van der Waals surface area contributed by atoms with Crippen LogP contribution in [0.4, 0.5) is 13.2 Å². The molecule has 5 nitrogen and oxygen atoms in total. The van der Waals surface area contributed by atoms with E-state index in [9.17, 15) is 22.8 Å². The Labute approximate surface area is 176 Å². The van der Waals surface area contributed by atoms with Crippen molar-refractivity contribution in [1.82, 2.24) is 10.6 Å². The highest BCUT2D eigenvalue weighted by Crippen LogP contribution is 2.29. The molecule has 3 rings (SSSR count). The molecule has 0 bridgehead atoms. The summed E-state index contributed by atoms with van der Waals surface area (Å²) in [6.45, 7) is -0.385. The van der Waals surface area contributed by atoms with Gasteiger partial charge in [0.1, 0.15) is 11.5 Å². The monoisotopic (exact) mass is 428 g/mol. The number of carbonyl (C=O) groups excluding carboxylic acids is 2. The number of hydrogen-bond acceptors (Lipinski definition) is 3. The fourth-order valence-corrected chi connectivity index (χ4v) is 2.68. The van der Waals surface area contributed by atoms with Crippen molar-refractivity contribution in [3.05, 3.63) is 95.6 Å². The molecule has 0 aliphatic rings. The second kappa shape index (κ2) is 9.80. The lowest BCUT2D eigenvalue weighted by molar-refractivity contribution is -0.137. The number of hydrogen-bond donors (Lipinski definition) is 2. The predicted molar refractivity (Wildman–Crippen MR) is 109 cm³/mol. The molecule has 0 radical (unpaired) electrons. The molecule has 0 atom stereocenters. The van der Waals surface area contributed by atoms with E-state index in [1.165, 1.54) is 12.1 Å². The number of carbonyl (C=O) groups is 2. The van der Waals surface area contributed by atoms with Gasteiger partial charge in [-0.1, -0.05) is 30.3 Å².